The number of hydrogen-bond donors (Lipinski definition) is 0. The SMILES string of the molecule is O=C(CCCCc1ccccc1)C1CCCC[C]1C1CCCCC1. The van der Waals surface area contributed by atoms with Gasteiger partial charge in [0.05, 0.1) is 0 Å². The first-order chi connectivity index (χ1) is 11.8. The molecular weight excluding hydrogens is 292 g/mol. The van der Waals surface area contributed by atoms with Crippen LogP contribution in [0.4, 0.5) is 0 Å². The molecule has 1 nitrogen and oxygen atoms in total. The van der Waals surface area contributed by atoms with Gasteiger partial charge in [0, 0.05) is 12.3 Å². The molecule has 131 valence electrons. The molecule has 24 heavy (non-hydrogen) atoms. The number of unbranched alkanes of at least 4 members (excludes halogenated alkanes) is 1. The van der Waals surface area contributed by atoms with Crippen molar-refractivity contribution in [3.63, 3.8) is 0 Å². The second-order valence-electron chi connectivity index (χ2n) is 7.87. The standard InChI is InChI=1S/C23H33O/c24-23(18-10-7-13-19-11-3-1-4-12-19)22-17-9-8-16-21(22)20-14-5-2-6-15-20/h1,3-4,11-12,20,22H,2,5-10,13-18H2. The smallest absolute Gasteiger partial charge is 0.136 e. The molecule has 2 fully saturated rings. The summed E-state index contributed by atoms with van der Waals surface area (Å²) in [7, 11) is 0. The Bertz CT molecular complexity index is 486. The predicted octanol–water partition coefficient (Wildman–Crippen LogP) is 6.31. The van der Waals surface area contributed by atoms with Crippen molar-refractivity contribution >= 4 is 5.78 Å². The van der Waals surface area contributed by atoms with Crippen LogP contribution in [0.15, 0.2) is 30.3 Å². The molecular formula is C23H33O. The van der Waals surface area contributed by atoms with E-state index in [1.807, 2.05) is 0 Å². The summed E-state index contributed by atoms with van der Waals surface area (Å²) < 4.78 is 0. The van der Waals surface area contributed by atoms with Gasteiger partial charge in [0.1, 0.15) is 5.78 Å². The zero-order chi connectivity index (χ0) is 16.6. The van der Waals surface area contributed by atoms with Crippen molar-refractivity contribution in [2.75, 3.05) is 0 Å². The first kappa shape index (κ1) is 17.7. The first-order valence-corrected chi connectivity index (χ1v) is 10.3. The molecule has 2 aliphatic rings. The third-order valence-corrected chi connectivity index (χ3v) is 6.16. The lowest BCUT2D eigenvalue weighted by molar-refractivity contribution is -0.123. The van der Waals surface area contributed by atoms with Crippen LogP contribution in [0.25, 0.3) is 0 Å². The van der Waals surface area contributed by atoms with Crippen LogP contribution in [-0.4, -0.2) is 5.78 Å². The topological polar surface area (TPSA) is 17.1 Å². The normalized spacial score (nSPS) is 23.2. The van der Waals surface area contributed by atoms with E-state index < -0.39 is 0 Å². The minimum Gasteiger partial charge on any atom is -0.299 e. The highest BCUT2D eigenvalue weighted by atomic mass is 16.1. The molecule has 1 radical (unpaired) electrons. The zero-order valence-corrected chi connectivity index (χ0v) is 15.1. The number of ketones is 1. The largest absolute Gasteiger partial charge is 0.299 e. The van der Waals surface area contributed by atoms with E-state index in [2.05, 4.69) is 30.3 Å². The van der Waals surface area contributed by atoms with Crippen molar-refractivity contribution in [3.8, 4) is 0 Å². The van der Waals surface area contributed by atoms with Crippen molar-refractivity contribution in [2.24, 2.45) is 11.8 Å². The van der Waals surface area contributed by atoms with Gasteiger partial charge in [-0.15, -0.1) is 0 Å². The van der Waals surface area contributed by atoms with Gasteiger partial charge < -0.3 is 0 Å². The fraction of sp³-hybridized carbons (Fsp3) is 0.652. The van der Waals surface area contributed by atoms with Crippen molar-refractivity contribution in [1.29, 1.82) is 0 Å². The molecule has 2 saturated carbocycles. The Hall–Kier alpha value is -1.11. The number of Topliss-reactive ketones (excluding diaryl/α,β-unsaturated/α-hetero) is 1. The number of benzene rings is 1. The summed E-state index contributed by atoms with van der Waals surface area (Å²) in [6, 6.07) is 10.7. The highest BCUT2D eigenvalue weighted by Gasteiger charge is 2.36. The van der Waals surface area contributed by atoms with E-state index in [4.69, 9.17) is 0 Å². The van der Waals surface area contributed by atoms with Crippen LogP contribution in [0, 0.1) is 17.8 Å². The molecule has 0 saturated heterocycles. The lowest BCUT2D eigenvalue weighted by Gasteiger charge is -2.38. The van der Waals surface area contributed by atoms with Crippen LogP contribution in [0.3, 0.4) is 0 Å². The predicted molar refractivity (Wildman–Crippen MR) is 101 cm³/mol. The molecule has 3 rings (SSSR count). The van der Waals surface area contributed by atoms with Gasteiger partial charge in [0.2, 0.25) is 0 Å². The van der Waals surface area contributed by atoms with Gasteiger partial charge in [-0.1, -0.05) is 62.4 Å². The highest BCUT2D eigenvalue weighted by Crippen LogP contribution is 2.44. The lowest BCUT2D eigenvalue weighted by atomic mass is 9.66. The molecule has 1 heteroatoms. The minimum absolute atomic E-state index is 0.318. The molecule has 0 N–H and O–H groups in total. The molecule has 1 unspecified atom stereocenters. The van der Waals surface area contributed by atoms with E-state index in [1.54, 1.807) is 5.92 Å². The summed E-state index contributed by atoms with van der Waals surface area (Å²) in [5.74, 6) is 3.31. The minimum atomic E-state index is 0.318. The third-order valence-electron chi connectivity index (χ3n) is 6.16. The molecule has 0 heterocycles. The summed E-state index contributed by atoms with van der Waals surface area (Å²) in [4.78, 5) is 12.8. The number of carbonyl (C=O) groups is 1. The van der Waals surface area contributed by atoms with Crippen molar-refractivity contribution in [3.05, 3.63) is 41.8 Å². The van der Waals surface area contributed by atoms with Crippen molar-refractivity contribution in [1.82, 2.24) is 0 Å². The Kier molecular flexibility index (Phi) is 6.93. The Morgan fingerprint density at radius 2 is 1.62 bits per heavy atom. The van der Waals surface area contributed by atoms with Gasteiger partial charge >= 0.3 is 0 Å². The second kappa shape index (κ2) is 9.39. The maximum absolute atomic E-state index is 12.8. The Morgan fingerprint density at radius 3 is 2.42 bits per heavy atom. The quantitative estimate of drug-likeness (QED) is 0.537. The van der Waals surface area contributed by atoms with Crippen LogP contribution in [0.5, 0.6) is 0 Å². The molecule has 1 aromatic rings. The Morgan fingerprint density at radius 1 is 0.875 bits per heavy atom. The van der Waals surface area contributed by atoms with E-state index in [9.17, 15) is 4.79 Å². The fourth-order valence-electron chi connectivity index (χ4n) is 4.81. The number of carbonyl (C=O) groups excluding carboxylic acids is 1. The molecule has 0 aromatic heterocycles. The number of hydrogen-bond acceptors (Lipinski definition) is 1. The summed E-state index contributed by atoms with van der Waals surface area (Å²) >= 11 is 0. The van der Waals surface area contributed by atoms with Gasteiger partial charge in [-0.3, -0.25) is 4.79 Å². The summed E-state index contributed by atoms with van der Waals surface area (Å²) in [5.41, 5.74) is 1.40. The maximum Gasteiger partial charge on any atom is 0.136 e. The molecule has 2 aliphatic carbocycles. The number of rotatable bonds is 7. The molecule has 0 aliphatic heterocycles. The van der Waals surface area contributed by atoms with Crippen LogP contribution in [-0.2, 0) is 11.2 Å². The van der Waals surface area contributed by atoms with E-state index in [0.29, 0.717) is 11.7 Å². The van der Waals surface area contributed by atoms with Gasteiger partial charge in [0.25, 0.3) is 0 Å². The molecule has 1 aromatic carbocycles. The molecule has 1 atom stereocenters. The van der Waals surface area contributed by atoms with E-state index >= 15 is 0 Å². The highest BCUT2D eigenvalue weighted by molar-refractivity contribution is 5.83. The van der Waals surface area contributed by atoms with Gasteiger partial charge in [0.15, 0.2) is 0 Å². The van der Waals surface area contributed by atoms with E-state index in [1.165, 1.54) is 56.9 Å². The molecule has 0 amide bonds. The van der Waals surface area contributed by atoms with Crippen molar-refractivity contribution < 1.29 is 4.79 Å². The van der Waals surface area contributed by atoms with Gasteiger partial charge in [-0.05, 0) is 62.3 Å². The van der Waals surface area contributed by atoms with Crippen molar-refractivity contribution in [2.45, 2.75) is 83.5 Å². The average Bonchev–Trinajstić information content (AvgIpc) is 2.66. The summed E-state index contributed by atoms with van der Waals surface area (Å²) in [5, 5.41) is 0. The second-order valence-corrected chi connectivity index (χ2v) is 7.87. The lowest BCUT2D eigenvalue weighted by Crippen LogP contribution is -2.31. The van der Waals surface area contributed by atoms with Crippen LogP contribution in [0.2, 0.25) is 0 Å². The monoisotopic (exact) mass is 325 g/mol. The van der Waals surface area contributed by atoms with E-state index in [0.717, 1.165) is 38.0 Å². The fourth-order valence-corrected chi connectivity index (χ4v) is 4.81. The Balaban J connectivity index is 1.45. The Labute approximate surface area is 148 Å². The summed E-state index contributed by atoms with van der Waals surface area (Å²) in [6.07, 6.45) is 15.9. The first-order valence-electron chi connectivity index (χ1n) is 10.3. The number of aryl methyl sites for hydroxylation is 1. The third kappa shape index (κ3) is 4.94. The zero-order valence-electron chi connectivity index (χ0n) is 15.1. The molecule has 0 spiro atoms. The van der Waals surface area contributed by atoms with Crippen LogP contribution in [0.1, 0.15) is 82.6 Å². The van der Waals surface area contributed by atoms with Crippen LogP contribution >= 0.6 is 0 Å². The maximum atomic E-state index is 12.8. The van der Waals surface area contributed by atoms with E-state index in [-0.39, 0.29) is 0 Å². The van der Waals surface area contributed by atoms with Crippen LogP contribution < -0.4 is 0 Å². The molecule has 0 bridgehead atoms. The summed E-state index contributed by atoms with van der Waals surface area (Å²) in [6.45, 7) is 0. The van der Waals surface area contributed by atoms with Gasteiger partial charge in [-0.2, -0.15) is 0 Å². The van der Waals surface area contributed by atoms with Gasteiger partial charge in [-0.25, -0.2) is 0 Å². The average molecular weight is 326 g/mol.